The zero-order chi connectivity index (χ0) is 28.3. The molecular weight excluding hydrogens is 456 g/mol. The van der Waals surface area contributed by atoms with Crippen molar-refractivity contribution in [1.29, 1.82) is 0 Å². The molecule has 0 bridgehead atoms. The molecule has 38 heavy (non-hydrogen) atoms. The third-order valence-electron chi connectivity index (χ3n) is 6.76. The summed E-state index contributed by atoms with van der Waals surface area (Å²) in [6.07, 6.45) is 24.3. The molecule has 0 unspecified atom stereocenters. The molecule has 0 aromatic heterocycles. The average molecular weight is 517 g/mol. The molecule has 1 aromatic carbocycles. The highest BCUT2D eigenvalue weighted by Crippen LogP contribution is 2.31. The van der Waals surface area contributed by atoms with E-state index in [-0.39, 0.29) is 7.43 Å². The summed E-state index contributed by atoms with van der Waals surface area (Å²) in [7, 11) is 0. The molecule has 0 heterocycles. The molecule has 0 nitrogen and oxygen atoms in total. The lowest BCUT2D eigenvalue weighted by atomic mass is 9.82. The Labute approximate surface area is 238 Å². The van der Waals surface area contributed by atoms with Crippen molar-refractivity contribution in [3.05, 3.63) is 108 Å². The third-order valence-corrected chi connectivity index (χ3v) is 6.76. The Kier molecular flexibility index (Phi) is 14.4. The average Bonchev–Trinajstić information content (AvgIpc) is 3.58. The van der Waals surface area contributed by atoms with E-state index >= 15 is 0 Å². The van der Waals surface area contributed by atoms with Gasteiger partial charge in [0.2, 0.25) is 0 Å². The van der Waals surface area contributed by atoms with Gasteiger partial charge >= 0.3 is 0 Å². The Morgan fingerprint density at radius 1 is 0.632 bits per heavy atom. The minimum Gasteiger partial charge on any atom is -0.0804 e. The van der Waals surface area contributed by atoms with Crippen LogP contribution >= 0.6 is 0 Å². The number of rotatable bonds is 0. The number of hydrogen-bond donors (Lipinski definition) is 0. The van der Waals surface area contributed by atoms with Crippen molar-refractivity contribution in [2.75, 3.05) is 0 Å². The highest BCUT2D eigenvalue weighted by atomic mass is 14.2. The van der Waals surface area contributed by atoms with E-state index in [4.69, 9.17) is 0 Å². The maximum Gasteiger partial charge on any atom is 0.000136 e. The van der Waals surface area contributed by atoms with Crippen LogP contribution in [0.25, 0.3) is 0 Å². The quantitative estimate of drug-likeness (QED) is 0.321. The highest BCUT2D eigenvalue weighted by Gasteiger charge is 2.20. The van der Waals surface area contributed by atoms with Crippen molar-refractivity contribution in [3.63, 3.8) is 0 Å². The van der Waals surface area contributed by atoms with E-state index in [0.29, 0.717) is 27.6 Å². The normalized spacial score (nSPS) is 16.3. The summed E-state index contributed by atoms with van der Waals surface area (Å²) in [4.78, 5) is 0. The van der Waals surface area contributed by atoms with Gasteiger partial charge in [-0.05, 0) is 45.6 Å². The summed E-state index contributed by atoms with van der Waals surface area (Å²) in [6, 6.07) is 10.6. The molecule has 1 aromatic rings. The van der Waals surface area contributed by atoms with Crippen LogP contribution in [0.3, 0.4) is 0 Å². The summed E-state index contributed by atoms with van der Waals surface area (Å²) >= 11 is 0. The number of benzene rings is 1. The van der Waals surface area contributed by atoms with E-state index in [9.17, 15) is 0 Å². The predicted molar refractivity (Wildman–Crippen MR) is 176 cm³/mol. The van der Waals surface area contributed by atoms with Gasteiger partial charge in [0.05, 0.1) is 0 Å². The Morgan fingerprint density at radius 3 is 1.42 bits per heavy atom. The lowest BCUT2D eigenvalue weighted by Crippen LogP contribution is -2.14. The van der Waals surface area contributed by atoms with Crippen molar-refractivity contribution in [2.45, 2.75) is 109 Å². The molecule has 0 spiro atoms. The summed E-state index contributed by atoms with van der Waals surface area (Å²) in [5, 5.41) is 0. The Morgan fingerprint density at radius 2 is 1.18 bits per heavy atom. The molecule has 0 fully saturated rings. The molecule has 3 aliphatic rings. The van der Waals surface area contributed by atoms with Crippen LogP contribution in [0, 0.1) is 22.2 Å². The molecule has 212 valence electrons. The molecule has 4 rings (SSSR count). The molecule has 0 aliphatic heterocycles. The van der Waals surface area contributed by atoms with Gasteiger partial charge < -0.3 is 0 Å². The molecule has 3 aliphatic carbocycles. The topological polar surface area (TPSA) is 0 Å². The minimum absolute atomic E-state index is 0. The minimum atomic E-state index is 0. The van der Waals surface area contributed by atoms with Gasteiger partial charge in [-0.2, -0.15) is 0 Å². The van der Waals surface area contributed by atoms with Crippen LogP contribution in [0.5, 0.6) is 0 Å². The van der Waals surface area contributed by atoms with Crippen molar-refractivity contribution in [1.82, 2.24) is 0 Å². The number of allylic oxidation sites excluding steroid dienone is 12. The zero-order valence-corrected chi connectivity index (χ0v) is 26.2. The molecule has 0 heteroatoms. The van der Waals surface area contributed by atoms with E-state index in [1.165, 1.54) is 11.1 Å². The standard InChI is InChI=1S/C10H14.3C9H14.CH4/c1-10(2,3)9-7-5-4-6-8-9;3*1-9(2,3)8-6-4-5-7-8;/h4-8H,1-3H3;4,6-7H,5H2,1-3H3;4-6H,7H2,1-3H3;4-8H,1-3H3;1H4. The summed E-state index contributed by atoms with van der Waals surface area (Å²) in [5.41, 5.74) is 5.85. The van der Waals surface area contributed by atoms with Gasteiger partial charge in [0, 0.05) is 5.92 Å². The fraction of sp³-hybridized carbons (Fsp3) is 0.526. The lowest BCUT2D eigenvalue weighted by Gasteiger charge is -2.23. The maximum atomic E-state index is 2.29. The van der Waals surface area contributed by atoms with E-state index in [0.717, 1.165) is 12.8 Å². The summed E-state index contributed by atoms with van der Waals surface area (Å²) in [5.74, 6) is 0.650. The van der Waals surface area contributed by atoms with E-state index in [2.05, 4.69) is 174 Å². The fourth-order valence-corrected chi connectivity index (χ4v) is 3.97. The third kappa shape index (κ3) is 14.0. The molecule has 0 radical (unpaired) electrons. The first kappa shape index (κ1) is 35.7. The second-order valence-corrected chi connectivity index (χ2v) is 14.4. The van der Waals surface area contributed by atoms with Crippen molar-refractivity contribution in [3.8, 4) is 0 Å². The fourth-order valence-electron chi connectivity index (χ4n) is 3.97. The lowest BCUT2D eigenvalue weighted by molar-refractivity contribution is 0.346. The van der Waals surface area contributed by atoms with E-state index < -0.39 is 0 Å². The largest absolute Gasteiger partial charge is 0.0804 e. The SMILES string of the molecule is C.CC(C)(C)C1=CC=CC1.CC(C)(C)C1=CCC=C1.CC(C)(C)C1C=CC=C1.CC(C)(C)c1ccccc1. The van der Waals surface area contributed by atoms with Gasteiger partial charge in [-0.3, -0.25) is 0 Å². The van der Waals surface area contributed by atoms with Crippen LogP contribution in [0.15, 0.2) is 102 Å². The smallest absolute Gasteiger partial charge is 0.000136 e. The van der Waals surface area contributed by atoms with E-state index in [1.807, 2.05) is 0 Å². The van der Waals surface area contributed by atoms with Crippen LogP contribution < -0.4 is 0 Å². The van der Waals surface area contributed by atoms with Gasteiger partial charge in [0.15, 0.2) is 0 Å². The van der Waals surface area contributed by atoms with Crippen LogP contribution in [0.4, 0.5) is 0 Å². The van der Waals surface area contributed by atoms with Gasteiger partial charge in [0.25, 0.3) is 0 Å². The first-order valence-electron chi connectivity index (χ1n) is 14.1. The Hall–Kier alpha value is -2.34. The Balaban J connectivity index is 0.000000477. The molecule has 0 N–H and O–H groups in total. The molecular formula is C38H60. The molecule has 0 saturated carbocycles. The van der Waals surface area contributed by atoms with Crippen LogP contribution in [0.2, 0.25) is 0 Å². The maximum absolute atomic E-state index is 2.29. The van der Waals surface area contributed by atoms with Crippen molar-refractivity contribution >= 4 is 0 Å². The molecule has 0 amide bonds. The van der Waals surface area contributed by atoms with E-state index in [1.54, 1.807) is 5.57 Å². The Bertz CT molecular complexity index is 963. The molecule has 0 saturated heterocycles. The second kappa shape index (κ2) is 15.3. The van der Waals surface area contributed by atoms with Crippen molar-refractivity contribution < 1.29 is 0 Å². The highest BCUT2D eigenvalue weighted by molar-refractivity contribution is 5.30. The van der Waals surface area contributed by atoms with Crippen molar-refractivity contribution in [2.24, 2.45) is 22.2 Å². The van der Waals surface area contributed by atoms with Crippen LogP contribution in [0.1, 0.15) is 109 Å². The second-order valence-electron chi connectivity index (χ2n) is 14.4. The first-order valence-corrected chi connectivity index (χ1v) is 14.1. The number of hydrogen-bond acceptors (Lipinski definition) is 0. The first-order chi connectivity index (χ1) is 16.9. The van der Waals surface area contributed by atoms with Crippen LogP contribution in [-0.2, 0) is 5.41 Å². The summed E-state index contributed by atoms with van der Waals surface area (Å²) < 4.78 is 0. The molecule has 0 atom stereocenters. The van der Waals surface area contributed by atoms with Gasteiger partial charge in [-0.15, -0.1) is 0 Å². The van der Waals surface area contributed by atoms with Gasteiger partial charge in [-0.1, -0.05) is 187 Å². The monoisotopic (exact) mass is 516 g/mol. The predicted octanol–water partition coefficient (Wildman–Crippen LogP) is 12.2. The summed E-state index contributed by atoms with van der Waals surface area (Å²) in [6.45, 7) is 27.0. The van der Waals surface area contributed by atoms with Gasteiger partial charge in [0.1, 0.15) is 0 Å². The van der Waals surface area contributed by atoms with Gasteiger partial charge in [-0.25, -0.2) is 0 Å². The zero-order valence-electron chi connectivity index (χ0n) is 26.2. The van der Waals surface area contributed by atoms with Crippen LogP contribution in [-0.4, -0.2) is 0 Å².